The average Bonchev–Trinajstić information content (AvgIpc) is 3.00. The number of rotatable bonds is 4. The van der Waals surface area contributed by atoms with E-state index in [1.807, 2.05) is 42.3 Å². The fraction of sp³-hybridized carbons (Fsp3) is 0.389. The molecule has 1 saturated heterocycles. The van der Waals surface area contributed by atoms with Crippen molar-refractivity contribution in [3.8, 4) is 0 Å². The zero-order valence-corrected chi connectivity index (χ0v) is 14.7. The number of anilines is 1. The Balaban J connectivity index is 1.79. The summed E-state index contributed by atoms with van der Waals surface area (Å²) in [6.45, 7) is 1.02. The summed E-state index contributed by atoms with van der Waals surface area (Å²) >= 11 is 0. The zero-order valence-electron chi connectivity index (χ0n) is 14.7. The Morgan fingerprint density at radius 1 is 1.08 bits per heavy atom. The minimum absolute atomic E-state index is 0.0440. The predicted octanol–water partition coefficient (Wildman–Crippen LogP) is 0.321. The second-order valence-electron chi connectivity index (χ2n) is 6.42. The van der Waals surface area contributed by atoms with Crippen molar-refractivity contribution in [1.29, 1.82) is 0 Å². The van der Waals surface area contributed by atoms with Crippen molar-refractivity contribution >= 4 is 11.6 Å². The predicted molar refractivity (Wildman–Crippen MR) is 95.6 cm³/mol. The van der Waals surface area contributed by atoms with Crippen molar-refractivity contribution < 1.29 is 4.79 Å². The second kappa shape index (κ2) is 6.68. The average molecular weight is 342 g/mol. The lowest BCUT2D eigenvalue weighted by Gasteiger charge is -2.24. The van der Waals surface area contributed by atoms with Gasteiger partial charge in [-0.15, -0.1) is 0 Å². The molecule has 7 heteroatoms. The number of aromatic nitrogens is 2. The number of hydrogen-bond donors (Lipinski definition) is 0. The number of para-hydroxylation sites is 1. The van der Waals surface area contributed by atoms with E-state index >= 15 is 0 Å². The lowest BCUT2D eigenvalue weighted by atomic mass is 10.2. The fourth-order valence-electron chi connectivity index (χ4n) is 3.23. The van der Waals surface area contributed by atoms with E-state index in [1.54, 1.807) is 11.9 Å². The normalized spacial score (nSPS) is 17.5. The van der Waals surface area contributed by atoms with Gasteiger partial charge in [0.2, 0.25) is 5.91 Å². The molecule has 0 spiro atoms. The van der Waals surface area contributed by atoms with Crippen molar-refractivity contribution in [3.05, 3.63) is 62.9 Å². The molecule has 0 aliphatic carbocycles. The van der Waals surface area contributed by atoms with Gasteiger partial charge in [-0.25, -0.2) is 4.79 Å². The Kier molecular flexibility index (Phi) is 4.59. The fourth-order valence-corrected chi connectivity index (χ4v) is 3.23. The van der Waals surface area contributed by atoms with Crippen molar-refractivity contribution in [1.82, 2.24) is 14.0 Å². The summed E-state index contributed by atoms with van der Waals surface area (Å²) in [7, 11) is 4.94. The van der Waals surface area contributed by atoms with Crippen molar-refractivity contribution in [3.63, 3.8) is 0 Å². The molecular weight excluding hydrogens is 320 g/mol. The Morgan fingerprint density at radius 2 is 1.76 bits per heavy atom. The SMILES string of the molecule is CN(Cc1cc(=O)n(C)c(=O)n1C)[C@H]1CCN(c2ccccc2)C1=O. The van der Waals surface area contributed by atoms with E-state index in [4.69, 9.17) is 0 Å². The molecule has 1 aromatic carbocycles. The van der Waals surface area contributed by atoms with Gasteiger partial charge in [-0.3, -0.25) is 23.6 Å². The van der Waals surface area contributed by atoms with Crippen LogP contribution in [0.5, 0.6) is 0 Å². The van der Waals surface area contributed by atoms with Gasteiger partial charge in [0.1, 0.15) is 0 Å². The Labute approximate surface area is 145 Å². The Hall–Kier alpha value is -2.67. The number of nitrogens with zero attached hydrogens (tertiary/aromatic N) is 4. The van der Waals surface area contributed by atoms with E-state index in [9.17, 15) is 14.4 Å². The van der Waals surface area contributed by atoms with Crippen LogP contribution in [0, 0.1) is 0 Å². The third kappa shape index (κ3) is 3.15. The van der Waals surface area contributed by atoms with Gasteiger partial charge in [0, 0.05) is 44.6 Å². The molecule has 1 aliphatic heterocycles. The molecule has 1 atom stereocenters. The van der Waals surface area contributed by atoms with E-state index in [0.29, 0.717) is 25.2 Å². The van der Waals surface area contributed by atoms with Crippen LogP contribution in [-0.4, -0.2) is 39.6 Å². The zero-order chi connectivity index (χ0) is 18.1. The van der Waals surface area contributed by atoms with Crippen LogP contribution >= 0.6 is 0 Å². The number of likely N-dealkylation sites (N-methyl/N-ethyl adjacent to an activating group) is 1. The molecule has 3 rings (SSSR count). The highest BCUT2D eigenvalue weighted by Crippen LogP contribution is 2.24. The first-order chi connectivity index (χ1) is 11.9. The monoisotopic (exact) mass is 342 g/mol. The molecule has 1 aromatic heterocycles. The minimum Gasteiger partial charge on any atom is -0.311 e. The molecule has 1 fully saturated rings. The van der Waals surface area contributed by atoms with Gasteiger partial charge in [0.05, 0.1) is 6.04 Å². The van der Waals surface area contributed by atoms with Crippen LogP contribution in [0.2, 0.25) is 0 Å². The summed E-state index contributed by atoms with van der Waals surface area (Å²) in [6.07, 6.45) is 0.711. The maximum absolute atomic E-state index is 12.8. The minimum atomic E-state index is -0.362. The van der Waals surface area contributed by atoms with Crippen molar-refractivity contribution in [2.75, 3.05) is 18.5 Å². The van der Waals surface area contributed by atoms with Gasteiger partial charge in [-0.2, -0.15) is 0 Å². The van der Waals surface area contributed by atoms with Gasteiger partial charge < -0.3 is 4.90 Å². The Morgan fingerprint density at radius 3 is 2.44 bits per heavy atom. The largest absolute Gasteiger partial charge is 0.330 e. The summed E-state index contributed by atoms with van der Waals surface area (Å²) in [4.78, 5) is 40.4. The molecular formula is C18H22N4O3. The molecule has 0 N–H and O–H groups in total. The molecule has 0 saturated carbocycles. The number of amides is 1. The van der Waals surface area contributed by atoms with E-state index < -0.39 is 0 Å². The van der Waals surface area contributed by atoms with Crippen molar-refractivity contribution in [2.45, 2.75) is 19.0 Å². The number of carbonyl (C=O) groups excluding carboxylic acids is 1. The molecule has 0 radical (unpaired) electrons. The molecule has 1 aliphatic rings. The summed E-state index contributed by atoms with van der Waals surface area (Å²) in [5.41, 5.74) is 0.792. The quantitative estimate of drug-likeness (QED) is 0.803. The van der Waals surface area contributed by atoms with Crippen LogP contribution in [0.4, 0.5) is 5.69 Å². The molecule has 0 unspecified atom stereocenters. The van der Waals surface area contributed by atoms with E-state index in [-0.39, 0.29) is 23.2 Å². The Bertz CT molecular complexity index is 901. The highest BCUT2D eigenvalue weighted by molar-refractivity contribution is 5.99. The van der Waals surface area contributed by atoms with Crippen LogP contribution < -0.4 is 16.1 Å². The van der Waals surface area contributed by atoms with E-state index in [1.165, 1.54) is 17.7 Å². The van der Waals surface area contributed by atoms with Crippen LogP contribution in [-0.2, 0) is 25.4 Å². The summed E-state index contributed by atoms with van der Waals surface area (Å²) in [5.74, 6) is 0.0440. The first-order valence-electron chi connectivity index (χ1n) is 8.22. The third-order valence-corrected chi connectivity index (χ3v) is 4.81. The van der Waals surface area contributed by atoms with Gasteiger partial charge in [0.15, 0.2) is 0 Å². The number of benzene rings is 1. The number of hydrogen-bond acceptors (Lipinski definition) is 4. The summed E-state index contributed by atoms with van der Waals surface area (Å²) in [5, 5.41) is 0. The molecule has 2 heterocycles. The van der Waals surface area contributed by atoms with E-state index in [2.05, 4.69) is 0 Å². The molecule has 2 aromatic rings. The van der Waals surface area contributed by atoms with Crippen LogP contribution in [0.1, 0.15) is 12.1 Å². The third-order valence-electron chi connectivity index (χ3n) is 4.81. The molecule has 1 amide bonds. The van der Waals surface area contributed by atoms with Gasteiger partial charge in [-0.05, 0) is 25.6 Å². The molecule has 7 nitrogen and oxygen atoms in total. The lowest BCUT2D eigenvalue weighted by Crippen LogP contribution is -2.42. The van der Waals surface area contributed by atoms with Crippen LogP contribution in [0.25, 0.3) is 0 Å². The smallest absolute Gasteiger partial charge is 0.311 e. The highest BCUT2D eigenvalue weighted by atomic mass is 16.2. The van der Waals surface area contributed by atoms with Gasteiger partial charge >= 0.3 is 5.69 Å². The standard InChI is InChI=1S/C18H22N4O3/c1-19(12-14-11-16(23)21(3)18(25)20(14)2)15-9-10-22(17(15)24)13-7-5-4-6-8-13/h4-8,11,15H,9-10,12H2,1-3H3/t15-/m0/s1. The maximum Gasteiger partial charge on any atom is 0.330 e. The van der Waals surface area contributed by atoms with E-state index in [0.717, 1.165) is 10.3 Å². The highest BCUT2D eigenvalue weighted by Gasteiger charge is 2.35. The maximum atomic E-state index is 12.8. The number of carbonyl (C=O) groups is 1. The second-order valence-corrected chi connectivity index (χ2v) is 6.42. The lowest BCUT2D eigenvalue weighted by molar-refractivity contribution is -0.121. The van der Waals surface area contributed by atoms with Crippen LogP contribution in [0.15, 0.2) is 46.0 Å². The first-order valence-corrected chi connectivity index (χ1v) is 8.22. The van der Waals surface area contributed by atoms with Crippen LogP contribution in [0.3, 0.4) is 0 Å². The molecule has 0 bridgehead atoms. The topological polar surface area (TPSA) is 67.6 Å². The summed E-state index contributed by atoms with van der Waals surface area (Å²) < 4.78 is 2.52. The molecule has 132 valence electrons. The molecule has 25 heavy (non-hydrogen) atoms. The van der Waals surface area contributed by atoms with Crippen molar-refractivity contribution in [2.24, 2.45) is 14.1 Å². The summed E-state index contributed by atoms with van der Waals surface area (Å²) in [6, 6.07) is 10.8. The van der Waals surface area contributed by atoms with Gasteiger partial charge in [0.25, 0.3) is 5.56 Å². The first kappa shape index (κ1) is 17.2. The van der Waals surface area contributed by atoms with Gasteiger partial charge in [-0.1, -0.05) is 18.2 Å².